The lowest BCUT2D eigenvalue weighted by Crippen LogP contribution is -2.56. The monoisotopic (exact) mass is 441 g/mol. The Balaban J connectivity index is 1.27. The van der Waals surface area contributed by atoms with E-state index < -0.39 is 6.43 Å². The van der Waals surface area contributed by atoms with Gasteiger partial charge in [-0.25, -0.2) is 13.5 Å². The molecule has 166 valence electrons. The Morgan fingerprint density at radius 2 is 1.91 bits per heavy atom. The molecular formula is C21H21F2N7O2. The summed E-state index contributed by atoms with van der Waals surface area (Å²) in [7, 11) is 0. The molecule has 1 aliphatic heterocycles. The van der Waals surface area contributed by atoms with E-state index in [0.29, 0.717) is 28.8 Å². The number of nitrogens with one attached hydrogen (secondary N) is 1. The van der Waals surface area contributed by atoms with Gasteiger partial charge < -0.3 is 15.0 Å². The second-order valence-corrected chi connectivity index (χ2v) is 8.13. The van der Waals surface area contributed by atoms with Gasteiger partial charge in [-0.1, -0.05) is 17.3 Å². The number of hydrogen-bond donors (Lipinski definition) is 1. The Morgan fingerprint density at radius 1 is 1.12 bits per heavy atom. The molecule has 2 aromatic heterocycles. The van der Waals surface area contributed by atoms with Gasteiger partial charge in [0.2, 0.25) is 11.8 Å². The Kier molecular flexibility index (Phi) is 4.95. The highest BCUT2D eigenvalue weighted by molar-refractivity contribution is 5.84. The molecule has 1 saturated heterocycles. The lowest BCUT2D eigenvalue weighted by molar-refractivity contribution is -0.121. The number of piperazine rings is 1. The number of nitrogens with zero attached hydrogens (tertiary/aromatic N) is 6. The number of rotatable bonds is 6. The lowest BCUT2D eigenvalue weighted by Gasteiger charge is -2.33. The Labute approximate surface area is 182 Å². The first kappa shape index (κ1) is 20.3. The molecule has 32 heavy (non-hydrogen) atoms. The van der Waals surface area contributed by atoms with Crippen molar-refractivity contribution in [1.29, 1.82) is 0 Å². The minimum Gasteiger partial charge on any atom is -0.470 e. The van der Waals surface area contributed by atoms with Gasteiger partial charge in [0, 0.05) is 18.2 Å². The summed E-state index contributed by atoms with van der Waals surface area (Å²) in [6.45, 7) is 2.89. The number of hydrogen-bond acceptors (Lipinski definition) is 7. The number of halogens is 2. The normalized spacial score (nSPS) is 17.0. The number of anilines is 1. The van der Waals surface area contributed by atoms with Crippen molar-refractivity contribution in [2.45, 2.75) is 38.3 Å². The van der Waals surface area contributed by atoms with Gasteiger partial charge in [0.15, 0.2) is 5.82 Å². The molecule has 1 aromatic carbocycles. The van der Waals surface area contributed by atoms with Crippen molar-refractivity contribution in [3.8, 4) is 11.6 Å². The Bertz CT molecular complexity index is 1130. The third-order valence-electron chi connectivity index (χ3n) is 5.74. The standard InChI is InChI=1S/C21H21F2N7O2/c1-13-16(30(28-25-13)15-4-2-14(3-5-15)20(22)23)11-32-19-7-6-17(26-27-19)29-10-18(31)24-21(12-29)8-9-21/h2-7,20H,8-12H2,1H3,(H,24,31). The summed E-state index contributed by atoms with van der Waals surface area (Å²) >= 11 is 0. The number of carbonyl (C=O) groups excluding carboxylic acids is 1. The first-order chi connectivity index (χ1) is 15.4. The van der Waals surface area contributed by atoms with E-state index in [1.807, 2.05) is 4.90 Å². The van der Waals surface area contributed by atoms with E-state index in [1.165, 1.54) is 12.1 Å². The summed E-state index contributed by atoms with van der Waals surface area (Å²) in [5.74, 6) is 0.936. The van der Waals surface area contributed by atoms with Crippen LogP contribution >= 0.6 is 0 Å². The van der Waals surface area contributed by atoms with Crippen LogP contribution in [0.2, 0.25) is 0 Å². The largest absolute Gasteiger partial charge is 0.470 e. The molecule has 0 unspecified atom stereocenters. The van der Waals surface area contributed by atoms with Gasteiger partial charge in [0.25, 0.3) is 6.43 Å². The molecule has 1 saturated carbocycles. The van der Waals surface area contributed by atoms with Gasteiger partial charge in [-0.05, 0) is 38.0 Å². The summed E-state index contributed by atoms with van der Waals surface area (Å²) < 4.78 is 32.9. The van der Waals surface area contributed by atoms with Gasteiger partial charge >= 0.3 is 0 Å². The number of aromatic nitrogens is 5. The van der Waals surface area contributed by atoms with Crippen LogP contribution in [-0.4, -0.2) is 49.7 Å². The third kappa shape index (κ3) is 3.97. The van der Waals surface area contributed by atoms with E-state index in [1.54, 1.807) is 35.9 Å². The van der Waals surface area contributed by atoms with Crippen LogP contribution in [0.5, 0.6) is 5.88 Å². The maximum absolute atomic E-state index is 12.8. The number of carbonyl (C=O) groups is 1. The fourth-order valence-corrected chi connectivity index (χ4v) is 3.78. The fraction of sp³-hybridized carbons (Fsp3) is 0.381. The zero-order valence-electron chi connectivity index (χ0n) is 17.3. The molecule has 1 aliphatic carbocycles. The van der Waals surface area contributed by atoms with Crippen LogP contribution in [0.15, 0.2) is 36.4 Å². The molecular weight excluding hydrogens is 420 g/mol. The van der Waals surface area contributed by atoms with Gasteiger partial charge in [-0.2, -0.15) is 0 Å². The molecule has 0 radical (unpaired) electrons. The average molecular weight is 441 g/mol. The molecule has 3 aromatic rings. The van der Waals surface area contributed by atoms with Crippen LogP contribution in [0.4, 0.5) is 14.6 Å². The summed E-state index contributed by atoms with van der Waals surface area (Å²) in [6.07, 6.45) is -0.564. The molecule has 9 nitrogen and oxygen atoms in total. The van der Waals surface area contributed by atoms with E-state index in [2.05, 4.69) is 25.8 Å². The molecule has 0 bridgehead atoms. The third-order valence-corrected chi connectivity index (χ3v) is 5.74. The predicted octanol–water partition coefficient (Wildman–Crippen LogP) is 2.35. The number of amides is 1. The van der Waals surface area contributed by atoms with Crippen molar-refractivity contribution in [3.63, 3.8) is 0 Å². The maximum atomic E-state index is 12.8. The molecule has 1 N–H and O–H groups in total. The number of alkyl halides is 2. The molecule has 1 spiro atoms. The fourth-order valence-electron chi connectivity index (χ4n) is 3.78. The summed E-state index contributed by atoms with van der Waals surface area (Å²) in [6, 6.07) is 9.33. The lowest BCUT2D eigenvalue weighted by atomic mass is 10.2. The molecule has 2 fully saturated rings. The van der Waals surface area contributed by atoms with E-state index in [-0.39, 0.29) is 30.2 Å². The van der Waals surface area contributed by atoms with Crippen LogP contribution < -0.4 is 15.0 Å². The van der Waals surface area contributed by atoms with E-state index in [9.17, 15) is 13.6 Å². The predicted molar refractivity (Wildman–Crippen MR) is 110 cm³/mol. The van der Waals surface area contributed by atoms with Crippen molar-refractivity contribution in [1.82, 2.24) is 30.5 Å². The SMILES string of the molecule is Cc1nnn(-c2ccc(C(F)F)cc2)c1COc1ccc(N2CC(=O)NC3(CC3)C2)nn1. The number of aryl methyl sites for hydroxylation is 1. The van der Waals surface area contributed by atoms with E-state index in [4.69, 9.17) is 4.74 Å². The maximum Gasteiger partial charge on any atom is 0.263 e. The number of ether oxygens (including phenoxy) is 1. The van der Waals surface area contributed by atoms with Crippen molar-refractivity contribution in [2.24, 2.45) is 0 Å². The second kappa shape index (κ2) is 7.81. The van der Waals surface area contributed by atoms with E-state index in [0.717, 1.165) is 19.4 Å². The van der Waals surface area contributed by atoms with Gasteiger partial charge in [-0.15, -0.1) is 15.3 Å². The molecule has 1 amide bonds. The van der Waals surface area contributed by atoms with Crippen LogP contribution in [0.25, 0.3) is 5.69 Å². The van der Waals surface area contributed by atoms with Crippen LogP contribution in [-0.2, 0) is 11.4 Å². The quantitative estimate of drug-likeness (QED) is 0.627. The summed E-state index contributed by atoms with van der Waals surface area (Å²) in [4.78, 5) is 13.9. The zero-order valence-corrected chi connectivity index (χ0v) is 17.3. The van der Waals surface area contributed by atoms with Crippen molar-refractivity contribution in [2.75, 3.05) is 18.0 Å². The highest BCUT2D eigenvalue weighted by atomic mass is 19.3. The van der Waals surface area contributed by atoms with Crippen molar-refractivity contribution < 1.29 is 18.3 Å². The van der Waals surface area contributed by atoms with E-state index >= 15 is 0 Å². The van der Waals surface area contributed by atoms with Gasteiger partial charge in [0.1, 0.15) is 12.3 Å². The molecule has 11 heteroatoms. The number of benzene rings is 1. The van der Waals surface area contributed by atoms with Gasteiger partial charge in [-0.3, -0.25) is 4.79 Å². The highest BCUT2D eigenvalue weighted by Crippen LogP contribution is 2.38. The minimum atomic E-state index is -2.53. The smallest absolute Gasteiger partial charge is 0.263 e. The summed E-state index contributed by atoms with van der Waals surface area (Å²) in [5, 5.41) is 19.6. The zero-order chi connectivity index (χ0) is 22.3. The topological polar surface area (TPSA) is 98.1 Å². The molecule has 3 heterocycles. The van der Waals surface area contributed by atoms with Crippen molar-refractivity contribution in [3.05, 3.63) is 53.3 Å². The first-order valence-electron chi connectivity index (χ1n) is 10.2. The molecule has 5 rings (SSSR count). The molecule has 2 aliphatic rings. The minimum absolute atomic E-state index is 0.00584. The van der Waals surface area contributed by atoms with Crippen LogP contribution in [0.3, 0.4) is 0 Å². The summed E-state index contributed by atoms with van der Waals surface area (Å²) in [5.41, 5.74) is 1.76. The Morgan fingerprint density at radius 3 is 2.56 bits per heavy atom. The van der Waals surface area contributed by atoms with Crippen LogP contribution in [0, 0.1) is 6.92 Å². The Hall–Kier alpha value is -3.63. The highest BCUT2D eigenvalue weighted by Gasteiger charge is 2.48. The van der Waals surface area contributed by atoms with Crippen LogP contribution in [0.1, 0.15) is 36.2 Å². The second-order valence-electron chi connectivity index (χ2n) is 8.13. The average Bonchev–Trinajstić information content (AvgIpc) is 3.41. The van der Waals surface area contributed by atoms with Gasteiger partial charge in [0.05, 0.1) is 23.5 Å². The first-order valence-corrected chi connectivity index (χ1v) is 10.2. The molecule has 0 atom stereocenters. The van der Waals surface area contributed by atoms with Crippen molar-refractivity contribution >= 4 is 11.7 Å².